The zero-order valence-corrected chi connectivity index (χ0v) is 21.1. The minimum atomic E-state index is -1.05. The molecule has 0 radical (unpaired) electrons. The number of anilines is 2. The van der Waals surface area contributed by atoms with Gasteiger partial charge in [0.05, 0.1) is 11.7 Å². The maximum absolute atomic E-state index is 13.9. The van der Waals surface area contributed by atoms with Gasteiger partial charge in [-0.05, 0) is 87.4 Å². The monoisotopic (exact) mass is 491 g/mol. The summed E-state index contributed by atoms with van der Waals surface area (Å²) in [6, 6.07) is 18.9. The smallest absolute Gasteiger partial charge is 0.236 e. The minimum absolute atomic E-state index is 0.160. The number of carbonyl (C=O) groups excluding carboxylic acids is 1. The molecule has 1 fully saturated rings. The highest BCUT2D eigenvalue weighted by molar-refractivity contribution is 7.80. The molecule has 0 spiro atoms. The van der Waals surface area contributed by atoms with Gasteiger partial charge in [-0.1, -0.05) is 41.4 Å². The molecule has 2 N–H and O–H groups in total. The molecule has 7 heteroatoms. The molecular formula is C27H26ClN3O2S. The molecule has 0 aromatic heterocycles. The van der Waals surface area contributed by atoms with Crippen molar-refractivity contribution < 1.29 is 9.53 Å². The van der Waals surface area contributed by atoms with Crippen molar-refractivity contribution in [2.75, 3.05) is 10.2 Å². The first-order valence-corrected chi connectivity index (χ1v) is 12.0. The van der Waals surface area contributed by atoms with Crippen molar-refractivity contribution in [3.05, 3.63) is 87.9 Å². The Hall–Kier alpha value is -3.09. The summed E-state index contributed by atoms with van der Waals surface area (Å²) in [7, 11) is 0. The summed E-state index contributed by atoms with van der Waals surface area (Å²) in [4.78, 5) is 15.8. The molecule has 1 saturated heterocycles. The van der Waals surface area contributed by atoms with Gasteiger partial charge >= 0.3 is 0 Å². The van der Waals surface area contributed by atoms with Crippen LogP contribution in [0.4, 0.5) is 11.4 Å². The highest BCUT2D eigenvalue weighted by Crippen LogP contribution is 2.50. The van der Waals surface area contributed by atoms with Crippen molar-refractivity contribution in [2.24, 2.45) is 5.92 Å². The fourth-order valence-electron chi connectivity index (χ4n) is 5.00. The van der Waals surface area contributed by atoms with Gasteiger partial charge in [0.2, 0.25) is 5.91 Å². The molecule has 0 aliphatic carbocycles. The van der Waals surface area contributed by atoms with Gasteiger partial charge in [-0.3, -0.25) is 9.69 Å². The van der Waals surface area contributed by atoms with Crippen LogP contribution in [0, 0.1) is 26.7 Å². The number of benzene rings is 3. The fraction of sp³-hybridized carbons (Fsp3) is 0.259. The van der Waals surface area contributed by atoms with Crippen LogP contribution in [0.3, 0.4) is 0 Å². The van der Waals surface area contributed by atoms with E-state index in [1.807, 2.05) is 43.0 Å². The summed E-state index contributed by atoms with van der Waals surface area (Å²) in [5.74, 6) is -0.00433. The van der Waals surface area contributed by atoms with E-state index in [0.717, 1.165) is 33.7 Å². The van der Waals surface area contributed by atoms with E-state index in [2.05, 4.69) is 36.6 Å². The maximum atomic E-state index is 13.9. The van der Waals surface area contributed by atoms with Crippen molar-refractivity contribution in [1.29, 1.82) is 0 Å². The standard InChI is InChI=1S/C27H26ClN3O2S/c1-15-8-13-22-20(14-15)24-23(25(32)29-19-11-9-18(28)10-12-19)27(4,33-22)31(26(34)30-24)21-7-5-6-16(2)17(21)3/h5-14,23-24H,1-4H3,(H,29,32)(H,30,34)/t23-,24-,27+/m1/s1. The van der Waals surface area contributed by atoms with Crippen LogP contribution in [0.2, 0.25) is 5.02 Å². The van der Waals surface area contributed by atoms with E-state index in [0.29, 0.717) is 15.8 Å². The predicted molar refractivity (Wildman–Crippen MR) is 141 cm³/mol. The number of amides is 1. The Morgan fingerprint density at radius 3 is 2.59 bits per heavy atom. The second-order valence-corrected chi connectivity index (χ2v) is 9.98. The van der Waals surface area contributed by atoms with E-state index in [-0.39, 0.29) is 11.9 Å². The van der Waals surface area contributed by atoms with E-state index in [1.165, 1.54) is 0 Å². The van der Waals surface area contributed by atoms with E-state index >= 15 is 0 Å². The lowest BCUT2D eigenvalue weighted by Gasteiger charge is -2.56. The number of nitrogens with one attached hydrogen (secondary N) is 2. The van der Waals surface area contributed by atoms with Gasteiger partial charge in [0.25, 0.3) is 0 Å². The van der Waals surface area contributed by atoms with E-state index in [1.54, 1.807) is 24.3 Å². The third-order valence-corrected chi connectivity index (χ3v) is 7.42. The van der Waals surface area contributed by atoms with Crippen molar-refractivity contribution in [2.45, 2.75) is 39.5 Å². The van der Waals surface area contributed by atoms with Crippen molar-refractivity contribution in [3.63, 3.8) is 0 Å². The summed E-state index contributed by atoms with van der Waals surface area (Å²) in [5, 5.41) is 7.68. The molecule has 5 nitrogen and oxygen atoms in total. The molecule has 3 aromatic rings. The number of hydrogen-bond acceptors (Lipinski definition) is 3. The van der Waals surface area contributed by atoms with Gasteiger partial charge in [-0.2, -0.15) is 0 Å². The first-order chi connectivity index (χ1) is 16.2. The average molecular weight is 492 g/mol. The number of aryl methyl sites for hydroxylation is 2. The summed E-state index contributed by atoms with van der Waals surface area (Å²) >= 11 is 11.9. The Morgan fingerprint density at radius 2 is 1.85 bits per heavy atom. The van der Waals surface area contributed by atoms with Crippen molar-refractivity contribution in [3.8, 4) is 5.75 Å². The van der Waals surface area contributed by atoms with Gasteiger partial charge < -0.3 is 15.4 Å². The largest absolute Gasteiger partial charge is 0.467 e. The van der Waals surface area contributed by atoms with Gasteiger partial charge in [-0.25, -0.2) is 0 Å². The van der Waals surface area contributed by atoms with Crippen molar-refractivity contribution >= 4 is 46.2 Å². The summed E-state index contributed by atoms with van der Waals surface area (Å²) < 4.78 is 6.68. The minimum Gasteiger partial charge on any atom is -0.467 e. The first kappa shape index (κ1) is 22.7. The van der Waals surface area contributed by atoms with Gasteiger partial charge in [0, 0.05) is 16.3 Å². The molecule has 1 amide bonds. The molecule has 3 aromatic carbocycles. The van der Waals surface area contributed by atoms with Gasteiger partial charge in [0.15, 0.2) is 10.8 Å². The molecule has 2 aliphatic rings. The third-order valence-electron chi connectivity index (χ3n) is 6.86. The van der Waals surface area contributed by atoms with Crippen LogP contribution in [0.15, 0.2) is 60.7 Å². The Kier molecular flexibility index (Phi) is 5.53. The van der Waals surface area contributed by atoms with Crippen LogP contribution < -0.4 is 20.3 Å². The summed E-state index contributed by atoms with van der Waals surface area (Å²) in [5.41, 5.74) is 4.78. The zero-order chi connectivity index (χ0) is 24.2. The van der Waals surface area contributed by atoms with Crippen LogP contribution in [-0.4, -0.2) is 16.7 Å². The molecule has 3 atom stereocenters. The molecule has 0 saturated carbocycles. The quantitative estimate of drug-likeness (QED) is 0.436. The van der Waals surface area contributed by atoms with Crippen LogP contribution in [0.5, 0.6) is 5.75 Å². The molecule has 2 heterocycles. The molecule has 174 valence electrons. The van der Waals surface area contributed by atoms with E-state index < -0.39 is 11.6 Å². The van der Waals surface area contributed by atoms with Gasteiger partial charge in [-0.15, -0.1) is 0 Å². The third kappa shape index (κ3) is 3.62. The Balaban J connectivity index is 1.65. The fourth-order valence-corrected chi connectivity index (χ4v) is 5.53. The van der Waals surface area contributed by atoms with Crippen LogP contribution in [0.25, 0.3) is 0 Å². The normalized spacial score (nSPS) is 23.0. The highest BCUT2D eigenvalue weighted by atomic mass is 35.5. The van der Waals surface area contributed by atoms with Crippen molar-refractivity contribution in [1.82, 2.24) is 5.32 Å². The van der Waals surface area contributed by atoms with E-state index in [9.17, 15) is 4.79 Å². The Morgan fingerprint density at radius 1 is 1.12 bits per heavy atom. The van der Waals surface area contributed by atoms with Crippen LogP contribution in [0.1, 0.15) is 35.2 Å². The molecule has 5 rings (SSSR count). The Bertz CT molecular complexity index is 1310. The molecular weight excluding hydrogens is 466 g/mol. The van der Waals surface area contributed by atoms with Gasteiger partial charge in [0.1, 0.15) is 11.7 Å². The first-order valence-electron chi connectivity index (χ1n) is 11.2. The second-order valence-electron chi connectivity index (χ2n) is 9.15. The van der Waals surface area contributed by atoms with Crippen LogP contribution >= 0.6 is 23.8 Å². The molecule has 2 bridgehead atoms. The highest BCUT2D eigenvalue weighted by Gasteiger charge is 2.59. The Labute approximate surface area is 210 Å². The van der Waals surface area contributed by atoms with E-state index in [4.69, 9.17) is 28.6 Å². The SMILES string of the molecule is Cc1ccc2c(c1)[C@H]1NC(=S)N(c3cccc(C)c3C)[C@@](C)(O2)[C@H]1C(=O)Nc1ccc(Cl)cc1. The number of fused-ring (bicyclic) bond motifs is 4. The summed E-state index contributed by atoms with van der Waals surface area (Å²) in [6.07, 6.45) is 0. The molecule has 0 unspecified atom stereocenters. The number of halogens is 1. The lowest BCUT2D eigenvalue weighted by molar-refractivity contribution is -0.130. The number of hydrogen-bond donors (Lipinski definition) is 2. The molecule has 34 heavy (non-hydrogen) atoms. The lowest BCUT2D eigenvalue weighted by atomic mass is 9.78. The number of ether oxygens (including phenoxy) is 1. The summed E-state index contributed by atoms with van der Waals surface area (Å²) in [6.45, 7) is 8.10. The number of rotatable bonds is 3. The second kappa shape index (κ2) is 8.29. The predicted octanol–water partition coefficient (Wildman–Crippen LogP) is 6.06. The number of nitrogens with zero attached hydrogens (tertiary/aromatic N) is 1. The lowest BCUT2D eigenvalue weighted by Crippen LogP contribution is -2.72. The zero-order valence-electron chi connectivity index (χ0n) is 19.5. The topological polar surface area (TPSA) is 53.6 Å². The number of thiocarbonyl (C=S) groups is 1. The molecule has 2 aliphatic heterocycles. The van der Waals surface area contributed by atoms with Crippen LogP contribution in [-0.2, 0) is 4.79 Å². The number of carbonyl (C=O) groups is 1. The maximum Gasteiger partial charge on any atom is 0.236 e. The average Bonchev–Trinajstić information content (AvgIpc) is 2.78.